The fraction of sp³-hybridized carbons (Fsp3) is 0.394. The van der Waals surface area contributed by atoms with Gasteiger partial charge in [0, 0.05) is 15.6 Å². The summed E-state index contributed by atoms with van der Waals surface area (Å²) in [5.74, 6) is 0.570. The summed E-state index contributed by atoms with van der Waals surface area (Å²) in [4.78, 5) is 9.38. The van der Waals surface area contributed by atoms with E-state index in [9.17, 15) is 0 Å². The third-order valence-corrected chi connectivity index (χ3v) is 11.4. The third-order valence-electron chi connectivity index (χ3n) is 8.20. The summed E-state index contributed by atoms with van der Waals surface area (Å²) in [6.45, 7) is 16.9. The monoisotopic (exact) mass is 523 g/mol. The van der Waals surface area contributed by atoms with Crippen LogP contribution >= 0.6 is 11.3 Å². The van der Waals surface area contributed by atoms with Crippen LogP contribution in [0, 0.1) is 10.8 Å². The molecule has 2 nitrogen and oxygen atoms in total. The van der Waals surface area contributed by atoms with Gasteiger partial charge in [0.2, 0.25) is 0 Å². The van der Waals surface area contributed by atoms with Crippen molar-refractivity contribution in [3.8, 4) is 11.3 Å². The number of hydrogen-bond donors (Lipinski definition) is 0. The van der Waals surface area contributed by atoms with E-state index in [2.05, 4.69) is 107 Å². The van der Waals surface area contributed by atoms with Gasteiger partial charge in [0.05, 0.1) is 24.0 Å². The first-order chi connectivity index (χ1) is 17.8. The molecule has 0 aliphatic heterocycles. The number of rotatable bonds is 3. The Hall–Kier alpha value is -2.56. The third kappa shape index (κ3) is 4.53. The van der Waals surface area contributed by atoms with Gasteiger partial charge < -0.3 is 0 Å². The zero-order chi connectivity index (χ0) is 27.0. The predicted octanol–water partition coefficient (Wildman–Crippen LogP) is 9.53. The van der Waals surface area contributed by atoms with Gasteiger partial charge in [-0.3, -0.25) is 0 Å². The highest BCUT2D eigenvalue weighted by atomic mass is 32.1. The smallest absolute Gasteiger partial charge is 0.116 e. The van der Waals surface area contributed by atoms with Crippen molar-refractivity contribution in [2.45, 2.75) is 72.5 Å². The average Bonchev–Trinajstić information content (AvgIpc) is 3.18. The van der Waals surface area contributed by atoms with Crippen LogP contribution in [-0.2, 0) is 0 Å². The zero-order valence-electron chi connectivity index (χ0n) is 24.2. The van der Waals surface area contributed by atoms with E-state index in [1.807, 2.05) is 0 Å². The summed E-state index contributed by atoms with van der Waals surface area (Å²) in [5.41, 5.74) is 5.06. The molecule has 0 unspecified atom stereocenters. The maximum absolute atomic E-state index is 8.50. The Balaban J connectivity index is 1.53. The maximum atomic E-state index is 8.50. The van der Waals surface area contributed by atoms with Gasteiger partial charge >= 0.3 is 0 Å². The topological polar surface area (TPSA) is 25.8 Å². The summed E-state index contributed by atoms with van der Waals surface area (Å²) in [6.07, 6.45) is 3.82. The Kier molecular flexibility index (Phi) is 5.39. The second-order valence-electron chi connectivity index (χ2n) is 13.8. The van der Waals surface area contributed by atoms with Crippen molar-refractivity contribution in [3.63, 3.8) is 0 Å². The molecule has 0 bridgehead atoms. The molecule has 1 aliphatic carbocycles. The summed E-state index contributed by atoms with van der Waals surface area (Å²) in [5, 5.41) is 5.17. The molecular formula is C33H38N2SSi. The van der Waals surface area contributed by atoms with Crippen LogP contribution in [0.3, 0.4) is 0 Å². The quantitative estimate of drug-likeness (QED) is 0.220. The molecule has 6 rings (SSSR count). The van der Waals surface area contributed by atoms with Crippen molar-refractivity contribution in [2.75, 3.05) is 0 Å². The van der Waals surface area contributed by atoms with Crippen LogP contribution < -0.4 is 5.19 Å². The molecule has 0 radical (unpaired) electrons. The van der Waals surface area contributed by atoms with Crippen molar-refractivity contribution >= 4 is 55.7 Å². The Morgan fingerprint density at radius 2 is 1.62 bits per heavy atom. The second-order valence-corrected chi connectivity index (χ2v) is 19.9. The van der Waals surface area contributed by atoms with Crippen molar-refractivity contribution in [2.24, 2.45) is 10.8 Å². The number of fused-ring (bicyclic) bond motifs is 4. The molecule has 190 valence electrons. The summed E-state index contributed by atoms with van der Waals surface area (Å²) in [7, 11) is -1.61. The van der Waals surface area contributed by atoms with Gasteiger partial charge in [0.15, 0.2) is 0 Å². The van der Waals surface area contributed by atoms with E-state index in [0.29, 0.717) is 16.7 Å². The predicted molar refractivity (Wildman–Crippen MR) is 165 cm³/mol. The van der Waals surface area contributed by atoms with Crippen LogP contribution in [0.4, 0.5) is 0 Å². The molecule has 1 fully saturated rings. The van der Waals surface area contributed by atoms with Gasteiger partial charge in [-0.05, 0) is 64.5 Å². The number of aromatic nitrogens is 2. The molecule has 0 N–H and O–H groups in total. The molecule has 2 aromatic heterocycles. The number of hydrogen-bond acceptors (Lipinski definition) is 3. The summed E-state index contributed by atoms with van der Waals surface area (Å²) < 4.78 is 10.8. The Morgan fingerprint density at radius 3 is 2.35 bits per heavy atom. The maximum Gasteiger partial charge on any atom is 0.116 e. The molecule has 37 heavy (non-hydrogen) atoms. The van der Waals surface area contributed by atoms with E-state index < -0.39 is 8.07 Å². The highest BCUT2D eigenvalue weighted by Gasteiger charge is 2.39. The van der Waals surface area contributed by atoms with E-state index in [1.54, 1.807) is 11.3 Å². The fourth-order valence-electron chi connectivity index (χ4n) is 7.15. The Labute approximate surface area is 227 Å². The van der Waals surface area contributed by atoms with Crippen LogP contribution in [-0.4, -0.2) is 18.0 Å². The SMILES string of the molecule is [2H]c1nc(-c2cc([Si](C)(C)C)c3ccccc3c2)c2sc3cc(C4CC(C)(C)CC(C)(C)C4)ccc3c2n1. The molecule has 0 spiro atoms. The first-order valence-corrected chi connectivity index (χ1v) is 17.9. The van der Waals surface area contributed by atoms with Crippen LogP contribution in [0.1, 0.15) is 59.8 Å². The molecule has 0 atom stereocenters. The lowest BCUT2D eigenvalue weighted by molar-refractivity contribution is 0.0969. The first-order valence-electron chi connectivity index (χ1n) is 14.0. The van der Waals surface area contributed by atoms with Crippen molar-refractivity contribution in [1.29, 1.82) is 0 Å². The number of thiophene rings is 1. The van der Waals surface area contributed by atoms with Gasteiger partial charge in [-0.1, -0.05) is 95.0 Å². The minimum atomic E-state index is -1.61. The molecule has 5 aromatic rings. The lowest BCUT2D eigenvalue weighted by Crippen LogP contribution is -2.38. The molecule has 2 heterocycles. The number of nitrogens with zero attached hydrogens (tertiary/aromatic N) is 2. The van der Waals surface area contributed by atoms with Gasteiger partial charge in [0.1, 0.15) is 7.67 Å². The van der Waals surface area contributed by atoms with Crippen LogP contribution in [0.2, 0.25) is 19.6 Å². The molecule has 1 saturated carbocycles. The van der Waals surface area contributed by atoms with Crippen LogP contribution in [0.15, 0.2) is 60.9 Å². The van der Waals surface area contributed by atoms with Crippen LogP contribution in [0.5, 0.6) is 0 Å². The number of benzene rings is 3. The molecule has 0 saturated heterocycles. The standard InChI is InChI=1S/C33H38N2SSi/c1-32(2)17-24(18-33(3,4)19-32)21-12-13-26-27(15-21)36-31-29(34-20-35-30(26)31)23-14-22-10-8-9-11-25(22)28(16-23)37(5,6)7/h8-16,20,24H,17-19H2,1-7H3/i20D. The second kappa shape index (κ2) is 8.47. The van der Waals surface area contributed by atoms with Gasteiger partial charge in [-0.15, -0.1) is 11.3 Å². The van der Waals surface area contributed by atoms with Crippen molar-refractivity contribution < 1.29 is 1.37 Å². The van der Waals surface area contributed by atoms with Crippen molar-refractivity contribution in [3.05, 3.63) is 66.5 Å². The highest BCUT2D eigenvalue weighted by molar-refractivity contribution is 7.26. The molecule has 0 amide bonds. The van der Waals surface area contributed by atoms with Crippen molar-refractivity contribution in [1.82, 2.24) is 9.97 Å². The lowest BCUT2D eigenvalue weighted by atomic mass is 9.60. The van der Waals surface area contributed by atoms with E-state index in [-0.39, 0.29) is 6.30 Å². The Bertz CT molecular complexity index is 1690. The fourth-order valence-corrected chi connectivity index (χ4v) is 9.97. The largest absolute Gasteiger partial charge is 0.235 e. The molecule has 3 aromatic carbocycles. The lowest BCUT2D eigenvalue weighted by Gasteiger charge is -2.45. The van der Waals surface area contributed by atoms with E-state index in [0.717, 1.165) is 26.9 Å². The van der Waals surface area contributed by atoms with Gasteiger partial charge in [-0.25, -0.2) is 9.97 Å². The van der Waals surface area contributed by atoms with E-state index >= 15 is 0 Å². The van der Waals surface area contributed by atoms with E-state index in [4.69, 9.17) is 6.35 Å². The van der Waals surface area contributed by atoms with Gasteiger partial charge in [-0.2, -0.15) is 0 Å². The molecule has 1 aliphatic rings. The minimum Gasteiger partial charge on any atom is -0.235 e. The Morgan fingerprint density at radius 1 is 0.892 bits per heavy atom. The van der Waals surface area contributed by atoms with Gasteiger partial charge in [0.25, 0.3) is 0 Å². The summed E-state index contributed by atoms with van der Waals surface area (Å²) in [6, 6.07) is 20.3. The minimum absolute atomic E-state index is 0.0924. The zero-order valence-corrected chi connectivity index (χ0v) is 25.0. The van der Waals surface area contributed by atoms with Crippen LogP contribution in [0.25, 0.3) is 42.3 Å². The summed E-state index contributed by atoms with van der Waals surface area (Å²) >= 11 is 1.79. The average molecular weight is 524 g/mol. The molecular weight excluding hydrogens is 485 g/mol. The van der Waals surface area contributed by atoms with E-state index in [1.165, 1.54) is 45.5 Å². The highest BCUT2D eigenvalue weighted by Crippen LogP contribution is 2.52. The normalized spacial score (nSPS) is 18.5. The molecule has 4 heteroatoms. The first kappa shape index (κ1) is 23.5.